The molecule has 2 unspecified atom stereocenters. The van der Waals surface area contributed by atoms with E-state index < -0.39 is 23.9 Å². The molecule has 0 spiro atoms. The SMILES string of the molecule is Cc1ccc(-c2noc(CN3N=NC4C(=O)N(c5cccc(Cl)c5)C(=O)C43)n2)cc1. The van der Waals surface area contributed by atoms with Crippen LogP contribution in [0.25, 0.3) is 11.4 Å². The molecule has 0 radical (unpaired) electrons. The molecule has 0 aliphatic carbocycles. The third-order valence-corrected chi connectivity index (χ3v) is 5.23. The average Bonchev–Trinajstić information content (AvgIpc) is 3.41. The van der Waals surface area contributed by atoms with Crippen LogP contribution in [-0.4, -0.2) is 39.0 Å². The fourth-order valence-corrected chi connectivity index (χ4v) is 3.69. The van der Waals surface area contributed by atoms with Crippen molar-refractivity contribution in [2.24, 2.45) is 10.3 Å². The normalized spacial score (nSPS) is 20.3. The van der Waals surface area contributed by atoms with Crippen molar-refractivity contribution in [3.8, 4) is 11.4 Å². The van der Waals surface area contributed by atoms with E-state index in [1.807, 2.05) is 31.2 Å². The molecule has 2 aromatic carbocycles. The lowest BCUT2D eigenvalue weighted by Crippen LogP contribution is -2.39. The molecule has 1 aromatic heterocycles. The first-order valence-electron chi connectivity index (χ1n) is 9.22. The highest BCUT2D eigenvalue weighted by atomic mass is 35.5. The number of hydrogen-bond donors (Lipinski definition) is 0. The second-order valence-electron chi connectivity index (χ2n) is 7.06. The quantitative estimate of drug-likeness (QED) is 0.598. The Balaban J connectivity index is 1.36. The number of anilines is 1. The van der Waals surface area contributed by atoms with E-state index in [-0.39, 0.29) is 12.4 Å². The molecule has 30 heavy (non-hydrogen) atoms. The number of carbonyl (C=O) groups excluding carboxylic acids is 2. The van der Waals surface area contributed by atoms with Gasteiger partial charge in [-0.15, -0.1) is 0 Å². The minimum atomic E-state index is -0.907. The van der Waals surface area contributed by atoms with E-state index in [2.05, 4.69) is 20.5 Å². The van der Waals surface area contributed by atoms with E-state index in [0.29, 0.717) is 16.5 Å². The summed E-state index contributed by atoms with van der Waals surface area (Å²) in [6, 6.07) is 12.5. The molecule has 3 heterocycles. The molecular weight excluding hydrogens is 408 g/mol. The highest BCUT2D eigenvalue weighted by molar-refractivity contribution is 6.31. The van der Waals surface area contributed by atoms with E-state index in [0.717, 1.165) is 16.0 Å². The van der Waals surface area contributed by atoms with Crippen molar-refractivity contribution in [2.75, 3.05) is 4.90 Å². The number of halogens is 1. The van der Waals surface area contributed by atoms with Crippen LogP contribution in [0.1, 0.15) is 11.5 Å². The van der Waals surface area contributed by atoms with Gasteiger partial charge in [0.2, 0.25) is 11.7 Å². The number of aromatic nitrogens is 2. The van der Waals surface area contributed by atoms with Gasteiger partial charge in [-0.1, -0.05) is 57.9 Å². The molecule has 0 saturated carbocycles. The predicted molar refractivity (Wildman–Crippen MR) is 106 cm³/mol. The van der Waals surface area contributed by atoms with Gasteiger partial charge < -0.3 is 4.52 Å². The molecule has 9 nitrogen and oxygen atoms in total. The standard InChI is InChI=1S/C20H15ClN6O3/c1-11-5-7-12(8-6-11)18-22-15(30-24-18)10-26-17-16(23-25-26)19(28)27(20(17)29)14-4-2-3-13(21)9-14/h2-9,16-17H,10H2,1H3. The number of aryl methyl sites for hydroxylation is 1. The second kappa shape index (κ2) is 7.03. The highest BCUT2D eigenvalue weighted by Gasteiger charge is 2.55. The van der Waals surface area contributed by atoms with Crippen molar-refractivity contribution in [2.45, 2.75) is 25.6 Å². The van der Waals surface area contributed by atoms with Crippen molar-refractivity contribution in [1.82, 2.24) is 15.1 Å². The van der Waals surface area contributed by atoms with Crippen molar-refractivity contribution < 1.29 is 14.1 Å². The Bertz CT molecular complexity index is 1180. The Kier molecular flexibility index (Phi) is 4.32. The summed E-state index contributed by atoms with van der Waals surface area (Å²) in [6.07, 6.45) is 0. The van der Waals surface area contributed by atoms with E-state index in [1.165, 1.54) is 5.01 Å². The van der Waals surface area contributed by atoms with E-state index in [1.54, 1.807) is 24.3 Å². The molecule has 3 aromatic rings. The summed E-state index contributed by atoms with van der Waals surface area (Å²) < 4.78 is 5.32. The van der Waals surface area contributed by atoms with Gasteiger partial charge in [0.05, 0.1) is 5.69 Å². The first kappa shape index (κ1) is 18.4. The van der Waals surface area contributed by atoms with Gasteiger partial charge in [-0.3, -0.25) is 14.6 Å². The summed E-state index contributed by atoms with van der Waals surface area (Å²) >= 11 is 6.01. The molecule has 2 aliphatic heterocycles. The Morgan fingerprint density at radius 3 is 2.67 bits per heavy atom. The van der Waals surface area contributed by atoms with Crippen LogP contribution < -0.4 is 4.90 Å². The molecule has 0 N–H and O–H groups in total. The van der Waals surface area contributed by atoms with Gasteiger partial charge in [0.15, 0.2) is 12.1 Å². The molecule has 1 saturated heterocycles. The minimum absolute atomic E-state index is 0.0614. The van der Waals surface area contributed by atoms with Gasteiger partial charge in [-0.05, 0) is 25.1 Å². The monoisotopic (exact) mass is 422 g/mol. The summed E-state index contributed by atoms with van der Waals surface area (Å²) in [5.41, 5.74) is 2.34. The lowest BCUT2D eigenvalue weighted by molar-refractivity contribution is -0.123. The van der Waals surface area contributed by atoms with Crippen LogP contribution in [0.5, 0.6) is 0 Å². The second-order valence-corrected chi connectivity index (χ2v) is 7.50. The maximum Gasteiger partial charge on any atom is 0.263 e. The van der Waals surface area contributed by atoms with Gasteiger partial charge >= 0.3 is 0 Å². The summed E-state index contributed by atoms with van der Waals surface area (Å²) in [5, 5.41) is 13.8. The Morgan fingerprint density at radius 2 is 1.90 bits per heavy atom. The molecule has 0 bridgehead atoms. The molecule has 10 heteroatoms. The molecule has 2 atom stereocenters. The van der Waals surface area contributed by atoms with Crippen molar-refractivity contribution >= 4 is 29.1 Å². The minimum Gasteiger partial charge on any atom is -0.337 e. The smallest absolute Gasteiger partial charge is 0.263 e. The zero-order chi connectivity index (χ0) is 20.8. The lowest BCUT2D eigenvalue weighted by Gasteiger charge is -2.19. The fraction of sp³-hybridized carbons (Fsp3) is 0.200. The van der Waals surface area contributed by atoms with Gasteiger partial charge in [0, 0.05) is 10.6 Å². The number of nitrogens with zero attached hydrogens (tertiary/aromatic N) is 6. The third-order valence-electron chi connectivity index (χ3n) is 5.00. The first-order valence-corrected chi connectivity index (χ1v) is 9.59. The van der Waals surface area contributed by atoms with Crippen LogP contribution in [0.15, 0.2) is 63.4 Å². The number of carbonyl (C=O) groups is 2. The predicted octanol–water partition coefficient (Wildman–Crippen LogP) is 3.19. The summed E-state index contributed by atoms with van der Waals surface area (Å²) in [4.78, 5) is 31.2. The number of rotatable bonds is 4. The molecule has 2 amide bonds. The molecule has 2 aliphatic rings. The number of amides is 2. The largest absolute Gasteiger partial charge is 0.337 e. The average molecular weight is 423 g/mol. The van der Waals surface area contributed by atoms with Crippen LogP contribution in [0.4, 0.5) is 5.69 Å². The zero-order valence-corrected chi connectivity index (χ0v) is 16.5. The van der Waals surface area contributed by atoms with E-state index in [4.69, 9.17) is 16.1 Å². The first-order chi connectivity index (χ1) is 14.5. The summed E-state index contributed by atoms with van der Waals surface area (Å²) in [5.74, 6) is -0.154. The molecule has 5 rings (SSSR count). The third kappa shape index (κ3) is 3.03. The fourth-order valence-electron chi connectivity index (χ4n) is 3.50. The number of imide groups is 1. The van der Waals surface area contributed by atoms with Crippen LogP contribution >= 0.6 is 11.6 Å². The van der Waals surface area contributed by atoms with Crippen LogP contribution in [0.2, 0.25) is 5.02 Å². The Morgan fingerprint density at radius 1 is 1.10 bits per heavy atom. The highest BCUT2D eigenvalue weighted by Crippen LogP contribution is 2.33. The van der Waals surface area contributed by atoms with E-state index >= 15 is 0 Å². The van der Waals surface area contributed by atoms with Crippen molar-refractivity contribution in [1.29, 1.82) is 0 Å². The molecule has 1 fully saturated rings. The van der Waals surface area contributed by atoms with Gasteiger partial charge in [-0.2, -0.15) is 10.1 Å². The number of benzene rings is 2. The van der Waals surface area contributed by atoms with Gasteiger partial charge in [0.1, 0.15) is 6.54 Å². The zero-order valence-electron chi connectivity index (χ0n) is 15.8. The van der Waals surface area contributed by atoms with Crippen molar-refractivity contribution in [3.63, 3.8) is 0 Å². The van der Waals surface area contributed by atoms with Crippen LogP contribution in [0, 0.1) is 6.92 Å². The summed E-state index contributed by atoms with van der Waals surface area (Å²) in [7, 11) is 0. The van der Waals surface area contributed by atoms with Crippen LogP contribution in [0.3, 0.4) is 0 Å². The lowest BCUT2D eigenvalue weighted by atomic mass is 10.1. The van der Waals surface area contributed by atoms with Gasteiger partial charge in [-0.25, -0.2) is 4.90 Å². The number of hydrogen-bond acceptors (Lipinski definition) is 8. The van der Waals surface area contributed by atoms with Gasteiger partial charge in [0.25, 0.3) is 11.8 Å². The Hall–Kier alpha value is -3.59. The van der Waals surface area contributed by atoms with E-state index in [9.17, 15) is 9.59 Å². The maximum absolute atomic E-state index is 13.0. The molecule has 150 valence electrons. The maximum atomic E-state index is 13.0. The van der Waals surface area contributed by atoms with Crippen molar-refractivity contribution in [3.05, 3.63) is 65.0 Å². The molecular formula is C20H15ClN6O3. The summed E-state index contributed by atoms with van der Waals surface area (Å²) in [6.45, 7) is 2.05. The number of fused-ring (bicyclic) bond motifs is 1. The Labute approximate surface area is 175 Å². The van der Waals surface area contributed by atoms with Crippen LogP contribution in [-0.2, 0) is 16.1 Å². The topological polar surface area (TPSA) is 104 Å².